The molecule has 2 aliphatic rings. The number of rotatable bonds is 9. The summed E-state index contributed by atoms with van der Waals surface area (Å²) in [5.41, 5.74) is 2.93. The first-order chi connectivity index (χ1) is 16.1. The minimum absolute atomic E-state index is 0.194. The highest BCUT2D eigenvalue weighted by molar-refractivity contribution is 5.45. The summed E-state index contributed by atoms with van der Waals surface area (Å²) >= 11 is 0. The molecule has 2 saturated heterocycles. The molecule has 14 nitrogen and oxygen atoms in total. The number of nitrogens with zero attached hydrogens (tertiary/aromatic N) is 8. The van der Waals surface area contributed by atoms with Crippen molar-refractivity contribution in [1.82, 2.24) is 29.9 Å². The lowest BCUT2D eigenvalue weighted by atomic mass is 10.3. The summed E-state index contributed by atoms with van der Waals surface area (Å²) in [7, 11) is 0. The average molecular weight is 468 g/mol. The van der Waals surface area contributed by atoms with E-state index in [9.17, 15) is 8.96 Å². The Labute approximate surface area is 188 Å². The highest BCUT2D eigenvalue weighted by atomic mass is 19.2. The largest absolute Gasteiger partial charge is 0.378 e. The topological polar surface area (TPSA) is 150 Å². The van der Waals surface area contributed by atoms with Crippen LogP contribution in [-0.2, 0) is 9.47 Å². The molecule has 0 bridgehead atoms. The monoisotopic (exact) mass is 468 g/mol. The number of hydrogen-bond acceptors (Lipinski definition) is 14. The van der Waals surface area contributed by atoms with Gasteiger partial charge in [-0.15, -0.1) is 8.96 Å². The molecule has 0 aromatic carbocycles. The molecule has 33 heavy (non-hydrogen) atoms. The van der Waals surface area contributed by atoms with Gasteiger partial charge in [0, 0.05) is 38.8 Å². The number of nitrogens with one attached hydrogen (secondary N) is 4. The lowest BCUT2D eigenvalue weighted by Crippen LogP contribution is -2.38. The van der Waals surface area contributed by atoms with Crippen LogP contribution >= 0.6 is 0 Å². The number of halogens is 2. The van der Waals surface area contributed by atoms with E-state index in [0.717, 1.165) is 0 Å². The predicted octanol–water partition coefficient (Wildman–Crippen LogP) is 0.235. The van der Waals surface area contributed by atoms with Gasteiger partial charge >= 0.3 is 0 Å². The molecule has 2 fully saturated rings. The fraction of sp³-hybridized carbons (Fsp3) is 0.647. The first-order valence-corrected chi connectivity index (χ1v) is 10.6. The molecule has 0 radical (unpaired) electrons. The molecule has 4 heterocycles. The zero-order chi connectivity index (χ0) is 23.0. The van der Waals surface area contributed by atoms with Gasteiger partial charge in [-0.1, -0.05) is 0 Å². The summed E-state index contributed by atoms with van der Waals surface area (Å²) in [6.45, 7) is 6.78. The summed E-state index contributed by atoms with van der Waals surface area (Å²) in [6.07, 6.45) is 0. The van der Waals surface area contributed by atoms with Crippen LogP contribution in [0.1, 0.15) is 6.92 Å². The highest BCUT2D eigenvalue weighted by Crippen LogP contribution is 2.17. The second-order valence-corrected chi connectivity index (χ2v) is 7.38. The summed E-state index contributed by atoms with van der Waals surface area (Å²) in [5, 5.41) is 6.14. The molecule has 2 aliphatic heterocycles. The molecule has 2 aromatic heterocycles. The molecule has 180 valence electrons. The van der Waals surface area contributed by atoms with E-state index < -0.39 is 0 Å². The Bertz CT molecular complexity index is 914. The lowest BCUT2D eigenvalue weighted by molar-refractivity contribution is 0.122. The van der Waals surface area contributed by atoms with E-state index in [1.54, 1.807) is 0 Å². The van der Waals surface area contributed by atoms with Crippen molar-refractivity contribution in [2.24, 2.45) is 0 Å². The van der Waals surface area contributed by atoms with E-state index in [1.807, 2.05) is 16.7 Å². The molecule has 16 heteroatoms. The van der Waals surface area contributed by atoms with Gasteiger partial charge in [-0.3, -0.25) is 0 Å². The molecule has 0 amide bonds. The third-order valence-corrected chi connectivity index (χ3v) is 4.95. The number of anilines is 6. The Morgan fingerprint density at radius 3 is 1.70 bits per heavy atom. The van der Waals surface area contributed by atoms with Crippen molar-refractivity contribution in [1.29, 1.82) is 0 Å². The van der Waals surface area contributed by atoms with Crippen LogP contribution in [0.4, 0.5) is 44.7 Å². The number of ether oxygens (including phenoxy) is 2. The Kier molecular flexibility index (Phi) is 7.56. The van der Waals surface area contributed by atoms with Crippen LogP contribution in [0.5, 0.6) is 0 Å². The molecular formula is C17H26F2N12O2. The van der Waals surface area contributed by atoms with Crippen molar-refractivity contribution in [3.8, 4) is 0 Å². The van der Waals surface area contributed by atoms with Gasteiger partial charge in [-0.2, -0.15) is 41.0 Å². The number of aromatic nitrogens is 6. The third kappa shape index (κ3) is 6.10. The van der Waals surface area contributed by atoms with Crippen molar-refractivity contribution in [2.75, 3.05) is 90.7 Å². The van der Waals surface area contributed by atoms with Crippen molar-refractivity contribution < 1.29 is 18.4 Å². The summed E-state index contributed by atoms with van der Waals surface area (Å²) in [4.78, 5) is 28.7. The van der Waals surface area contributed by atoms with E-state index in [-0.39, 0.29) is 29.8 Å². The van der Waals surface area contributed by atoms with Crippen LogP contribution in [0.15, 0.2) is 0 Å². The molecule has 0 saturated carbocycles. The Morgan fingerprint density at radius 1 is 0.727 bits per heavy atom. The maximum absolute atomic E-state index is 13.1. The van der Waals surface area contributed by atoms with Gasteiger partial charge < -0.3 is 29.9 Å². The Balaban J connectivity index is 1.40. The Hall–Kier alpha value is -3.40. The predicted molar refractivity (Wildman–Crippen MR) is 117 cm³/mol. The van der Waals surface area contributed by atoms with Crippen LogP contribution in [0.3, 0.4) is 0 Å². The van der Waals surface area contributed by atoms with Crippen LogP contribution in [0.2, 0.25) is 0 Å². The quantitative estimate of drug-likeness (QED) is 0.372. The smallest absolute Gasteiger partial charge is 0.257 e. The van der Waals surface area contributed by atoms with Crippen LogP contribution in [-0.4, -0.2) is 95.1 Å². The van der Waals surface area contributed by atoms with Gasteiger partial charge in [0.25, 0.3) is 11.9 Å². The second-order valence-electron chi connectivity index (χ2n) is 7.38. The normalized spacial score (nSPS) is 17.4. The molecule has 2 aromatic rings. The third-order valence-electron chi connectivity index (χ3n) is 4.95. The van der Waals surface area contributed by atoms with Gasteiger partial charge in [-0.25, -0.2) is 0 Å². The molecule has 0 aliphatic carbocycles. The minimum Gasteiger partial charge on any atom is -0.378 e. The van der Waals surface area contributed by atoms with E-state index in [4.69, 9.17) is 9.47 Å². The Morgan fingerprint density at radius 2 is 1.18 bits per heavy atom. The van der Waals surface area contributed by atoms with Crippen LogP contribution in [0.25, 0.3) is 0 Å². The van der Waals surface area contributed by atoms with Gasteiger partial charge in [0.2, 0.25) is 23.8 Å². The van der Waals surface area contributed by atoms with E-state index >= 15 is 0 Å². The molecule has 1 unspecified atom stereocenters. The fourth-order valence-corrected chi connectivity index (χ4v) is 3.28. The summed E-state index contributed by atoms with van der Waals surface area (Å²) in [6, 6.07) is -0.220. The molecular weight excluding hydrogens is 442 g/mol. The molecule has 4 rings (SSSR count). The first-order valence-electron chi connectivity index (χ1n) is 10.6. The van der Waals surface area contributed by atoms with Crippen LogP contribution in [0, 0.1) is 0 Å². The van der Waals surface area contributed by atoms with Crippen molar-refractivity contribution in [3.63, 3.8) is 0 Å². The standard InChI is InChI=1S/C17H26F2N12O2/c1-11(21-13-23-15(29-19)27-17(25-13)31-4-8-33-9-5-31)10-20-12-22-14(28-18)26-16(24-12)30-2-6-32-7-3-30/h11H,2-10H2,1H3,(H2,20,22,24,26,28)(H2,21,23,25,27,29). The van der Waals surface area contributed by atoms with Gasteiger partial charge in [-0.05, 0) is 6.92 Å². The average Bonchev–Trinajstić information content (AvgIpc) is 2.88. The van der Waals surface area contributed by atoms with E-state index in [1.165, 1.54) is 11.1 Å². The van der Waals surface area contributed by atoms with Crippen LogP contribution < -0.4 is 31.5 Å². The molecule has 1 atom stereocenters. The van der Waals surface area contributed by atoms with E-state index in [0.29, 0.717) is 71.0 Å². The highest BCUT2D eigenvalue weighted by Gasteiger charge is 2.19. The van der Waals surface area contributed by atoms with Gasteiger partial charge in [0.05, 0.1) is 26.4 Å². The number of hydrogen-bond donors (Lipinski definition) is 4. The SMILES string of the molecule is CC(CNc1nc(NF)nc(N2CCOCC2)n1)Nc1nc(NF)nc(N2CCOCC2)n1. The summed E-state index contributed by atoms with van der Waals surface area (Å²) < 4.78 is 36.8. The fourth-order valence-electron chi connectivity index (χ4n) is 3.28. The van der Waals surface area contributed by atoms with Gasteiger partial charge in [0.15, 0.2) is 0 Å². The maximum Gasteiger partial charge on any atom is 0.257 e. The lowest BCUT2D eigenvalue weighted by Gasteiger charge is -2.27. The van der Waals surface area contributed by atoms with Crippen molar-refractivity contribution >= 4 is 35.7 Å². The zero-order valence-corrected chi connectivity index (χ0v) is 18.1. The van der Waals surface area contributed by atoms with Crippen molar-refractivity contribution in [2.45, 2.75) is 13.0 Å². The first kappa shape index (κ1) is 22.8. The maximum atomic E-state index is 13.1. The molecule has 0 spiro atoms. The van der Waals surface area contributed by atoms with E-state index in [2.05, 4.69) is 40.5 Å². The van der Waals surface area contributed by atoms with Crippen molar-refractivity contribution in [3.05, 3.63) is 0 Å². The molecule has 4 N–H and O–H groups in total. The summed E-state index contributed by atoms with van der Waals surface area (Å²) in [5.74, 6) is 0.722. The second kappa shape index (κ2) is 11.0. The number of morpholine rings is 2. The van der Waals surface area contributed by atoms with Gasteiger partial charge in [0.1, 0.15) is 0 Å². The zero-order valence-electron chi connectivity index (χ0n) is 18.1. The minimum atomic E-state index is -0.220.